The van der Waals surface area contributed by atoms with E-state index in [0.29, 0.717) is 36.2 Å². The van der Waals surface area contributed by atoms with Crippen LogP contribution in [0.25, 0.3) is 0 Å². The lowest BCUT2D eigenvalue weighted by Crippen LogP contribution is -2.34. The molecule has 1 amide bonds. The molecule has 7 heteroatoms. The van der Waals surface area contributed by atoms with E-state index in [1.807, 2.05) is 13.8 Å². The second kappa shape index (κ2) is 10.2. The quantitative estimate of drug-likeness (QED) is 0.598. The summed E-state index contributed by atoms with van der Waals surface area (Å²) in [6, 6.07) is 1.59. The highest BCUT2D eigenvalue weighted by Gasteiger charge is 2.37. The molecule has 0 aromatic carbocycles. The van der Waals surface area contributed by atoms with Crippen molar-refractivity contribution in [1.29, 1.82) is 0 Å². The highest BCUT2D eigenvalue weighted by atomic mass is 35.5. The zero-order valence-electron chi connectivity index (χ0n) is 16.7. The lowest BCUT2D eigenvalue weighted by atomic mass is 9.80. The maximum absolute atomic E-state index is 12.3. The van der Waals surface area contributed by atoms with Crippen molar-refractivity contribution in [3.05, 3.63) is 22.8 Å². The summed E-state index contributed by atoms with van der Waals surface area (Å²) in [5.41, 5.74) is 0.395. The summed E-state index contributed by atoms with van der Waals surface area (Å²) < 4.78 is 16.9. The van der Waals surface area contributed by atoms with Gasteiger partial charge in [-0.25, -0.2) is 4.98 Å². The van der Waals surface area contributed by atoms with Crippen LogP contribution < -0.4 is 10.1 Å². The molecule has 0 saturated carbocycles. The smallest absolute Gasteiger partial charge is 0.252 e. The van der Waals surface area contributed by atoms with E-state index in [9.17, 15) is 4.79 Å². The summed E-state index contributed by atoms with van der Waals surface area (Å²) in [5.74, 6) is 0.154. The zero-order chi connectivity index (χ0) is 19.9. The molecule has 152 valence electrons. The number of carbonyl (C=O) groups is 1. The van der Waals surface area contributed by atoms with Crippen molar-refractivity contribution in [1.82, 2.24) is 10.3 Å². The van der Waals surface area contributed by atoms with E-state index in [0.717, 1.165) is 25.7 Å². The molecule has 0 bridgehead atoms. The molecule has 1 saturated heterocycles. The van der Waals surface area contributed by atoms with Gasteiger partial charge in [0.05, 0.1) is 24.9 Å². The largest absolute Gasteiger partial charge is 0.474 e. The molecule has 2 rings (SSSR count). The Kier molecular flexibility index (Phi) is 8.32. The number of nitrogens with one attached hydrogen (secondary N) is 1. The highest BCUT2D eigenvalue weighted by molar-refractivity contribution is 6.32. The van der Waals surface area contributed by atoms with Crippen LogP contribution in [0.5, 0.6) is 5.88 Å². The average molecular weight is 399 g/mol. The van der Waals surface area contributed by atoms with Crippen molar-refractivity contribution in [3.8, 4) is 5.88 Å². The van der Waals surface area contributed by atoms with Gasteiger partial charge < -0.3 is 19.5 Å². The first-order valence-electron chi connectivity index (χ1n) is 9.69. The minimum Gasteiger partial charge on any atom is -0.474 e. The van der Waals surface area contributed by atoms with Crippen LogP contribution in [0.1, 0.15) is 63.7 Å². The van der Waals surface area contributed by atoms with Gasteiger partial charge in [0.2, 0.25) is 5.88 Å². The summed E-state index contributed by atoms with van der Waals surface area (Å²) in [6.07, 6.45) is 5.18. The Labute approximate surface area is 166 Å². The highest BCUT2D eigenvalue weighted by Crippen LogP contribution is 2.37. The molecule has 1 aromatic heterocycles. The van der Waals surface area contributed by atoms with Gasteiger partial charge in [-0.1, -0.05) is 31.9 Å². The third-order valence-corrected chi connectivity index (χ3v) is 4.91. The van der Waals surface area contributed by atoms with E-state index in [1.165, 1.54) is 6.20 Å². The molecule has 1 aliphatic heterocycles. The standard InChI is InChI=1S/C20H31ClN2O4/c1-5-7-20(4,19-25-10-11-26-19)8-6-9-22-17(24)15-12-16(21)18(23-13-15)27-14(2)3/h12-14,19H,5-11H2,1-4H3,(H,22,24). The summed E-state index contributed by atoms with van der Waals surface area (Å²) in [6.45, 7) is 10.0. The van der Waals surface area contributed by atoms with Gasteiger partial charge in [0.25, 0.3) is 5.91 Å². The molecule has 1 unspecified atom stereocenters. The van der Waals surface area contributed by atoms with E-state index in [4.69, 9.17) is 25.8 Å². The SMILES string of the molecule is CCCC(C)(CCCNC(=O)c1cnc(OC(C)C)c(Cl)c1)C1OCCO1. The maximum Gasteiger partial charge on any atom is 0.252 e. The minimum absolute atomic E-state index is 0.0278. The van der Waals surface area contributed by atoms with Gasteiger partial charge in [-0.15, -0.1) is 0 Å². The van der Waals surface area contributed by atoms with E-state index in [1.54, 1.807) is 6.07 Å². The molecule has 27 heavy (non-hydrogen) atoms. The predicted octanol–water partition coefficient (Wildman–Crippen LogP) is 4.21. The summed E-state index contributed by atoms with van der Waals surface area (Å²) in [4.78, 5) is 16.5. The number of carbonyl (C=O) groups excluding carboxylic acids is 1. The van der Waals surface area contributed by atoms with Crippen molar-refractivity contribution >= 4 is 17.5 Å². The molecular weight excluding hydrogens is 368 g/mol. The second-order valence-corrected chi connectivity index (χ2v) is 7.92. The van der Waals surface area contributed by atoms with E-state index in [-0.39, 0.29) is 23.7 Å². The molecule has 1 N–H and O–H groups in total. The first kappa shape index (κ1) is 21.9. The minimum atomic E-state index is -0.189. The number of amides is 1. The van der Waals surface area contributed by atoms with Crippen molar-refractivity contribution in [2.24, 2.45) is 5.41 Å². The molecule has 1 atom stereocenters. The lowest BCUT2D eigenvalue weighted by Gasteiger charge is -2.34. The Bertz CT molecular complexity index is 620. The van der Waals surface area contributed by atoms with Crippen molar-refractivity contribution in [2.75, 3.05) is 19.8 Å². The van der Waals surface area contributed by atoms with Crippen LogP contribution in [-0.2, 0) is 9.47 Å². The Hall–Kier alpha value is -1.37. The third kappa shape index (κ3) is 6.33. The predicted molar refractivity (Wildman–Crippen MR) is 105 cm³/mol. The third-order valence-electron chi connectivity index (χ3n) is 4.64. The van der Waals surface area contributed by atoms with Crippen LogP contribution in [-0.4, -0.2) is 43.0 Å². The number of ether oxygens (including phenoxy) is 3. The fourth-order valence-electron chi connectivity index (χ4n) is 3.35. The van der Waals surface area contributed by atoms with Crippen LogP contribution in [0.4, 0.5) is 0 Å². The van der Waals surface area contributed by atoms with Crippen LogP contribution >= 0.6 is 11.6 Å². The molecule has 0 aliphatic carbocycles. The zero-order valence-corrected chi connectivity index (χ0v) is 17.5. The average Bonchev–Trinajstić information content (AvgIpc) is 3.15. The fourth-order valence-corrected chi connectivity index (χ4v) is 3.56. The van der Waals surface area contributed by atoms with Gasteiger partial charge >= 0.3 is 0 Å². The van der Waals surface area contributed by atoms with Gasteiger partial charge in [-0.05, 0) is 39.2 Å². The molecule has 1 aliphatic rings. The van der Waals surface area contributed by atoms with E-state index in [2.05, 4.69) is 24.1 Å². The monoisotopic (exact) mass is 398 g/mol. The van der Waals surface area contributed by atoms with Crippen LogP contribution in [0, 0.1) is 5.41 Å². The van der Waals surface area contributed by atoms with Crippen LogP contribution in [0.15, 0.2) is 12.3 Å². The van der Waals surface area contributed by atoms with Gasteiger partial charge in [-0.2, -0.15) is 0 Å². The number of nitrogens with zero attached hydrogens (tertiary/aromatic N) is 1. The summed E-state index contributed by atoms with van der Waals surface area (Å²) in [5, 5.41) is 3.27. The number of hydrogen-bond donors (Lipinski definition) is 1. The second-order valence-electron chi connectivity index (χ2n) is 7.51. The van der Waals surface area contributed by atoms with Gasteiger partial charge in [0.15, 0.2) is 6.29 Å². The Morgan fingerprint density at radius 3 is 2.70 bits per heavy atom. The first-order valence-corrected chi connectivity index (χ1v) is 10.1. The molecule has 0 radical (unpaired) electrons. The fraction of sp³-hybridized carbons (Fsp3) is 0.700. The molecule has 2 heterocycles. The van der Waals surface area contributed by atoms with Crippen molar-refractivity contribution in [2.45, 2.75) is 65.8 Å². The Morgan fingerprint density at radius 1 is 1.41 bits per heavy atom. The molecule has 6 nitrogen and oxygen atoms in total. The van der Waals surface area contributed by atoms with Crippen LogP contribution in [0.3, 0.4) is 0 Å². The number of aromatic nitrogens is 1. The molecule has 1 aromatic rings. The number of halogens is 1. The molecule has 0 spiro atoms. The van der Waals surface area contributed by atoms with E-state index < -0.39 is 0 Å². The van der Waals surface area contributed by atoms with Gasteiger partial charge in [0, 0.05) is 18.2 Å². The van der Waals surface area contributed by atoms with Crippen molar-refractivity contribution < 1.29 is 19.0 Å². The Morgan fingerprint density at radius 2 is 2.11 bits per heavy atom. The maximum atomic E-state index is 12.3. The number of rotatable bonds is 10. The molecular formula is C20H31ClN2O4. The summed E-state index contributed by atoms with van der Waals surface area (Å²) >= 11 is 6.15. The topological polar surface area (TPSA) is 69.7 Å². The number of pyridine rings is 1. The Balaban J connectivity index is 1.83. The van der Waals surface area contributed by atoms with Gasteiger partial charge in [0.1, 0.15) is 5.02 Å². The van der Waals surface area contributed by atoms with Gasteiger partial charge in [-0.3, -0.25) is 4.79 Å². The first-order chi connectivity index (χ1) is 12.9. The number of hydrogen-bond acceptors (Lipinski definition) is 5. The van der Waals surface area contributed by atoms with E-state index >= 15 is 0 Å². The lowest BCUT2D eigenvalue weighted by molar-refractivity contribution is -0.133. The normalized spacial score (nSPS) is 17.1. The molecule has 1 fully saturated rings. The van der Waals surface area contributed by atoms with Crippen LogP contribution in [0.2, 0.25) is 5.02 Å². The summed E-state index contributed by atoms with van der Waals surface area (Å²) in [7, 11) is 0. The van der Waals surface area contributed by atoms with Crippen molar-refractivity contribution in [3.63, 3.8) is 0 Å².